The van der Waals surface area contributed by atoms with Gasteiger partial charge in [0.15, 0.2) is 0 Å². The van der Waals surface area contributed by atoms with Crippen LogP contribution in [0.5, 0.6) is 0 Å². The quantitative estimate of drug-likeness (QED) is 0.775. The van der Waals surface area contributed by atoms with Crippen LogP contribution < -0.4 is 4.90 Å². The Hall–Kier alpha value is -1.89. The summed E-state index contributed by atoms with van der Waals surface area (Å²) < 4.78 is 5.87. The standard InChI is InChI=1S/C16H25N5O2/c1-19(2)15(22)20-8-4-16(5-9-20)12-21(10-11-23-13-16)14-17-6-3-7-18-14/h3,6-7H,4-5,8-13H2,1-2H3. The Morgan fingerprint density at radius 3 is 2.57 bits per heavy atom. The summed E-state index contributed by atoms with van der Waals surface area (Å²) in [5, 5.41) is 0. The van der Waals surface area contributed by atoms with E-state index in [2.05, 4.69) is 14.9 Å². The van der Waals surface area contributed by atoms with Crippen molar-refractivity contribution in [3.05, 3.63) is 18.5 Å². The van der Waals surface area contributed by atoms with Gasteiger partial charge in [-0.1, -0.05) is 0 Å². The van der Waals surface area contributed by atoms with Crippen molar-refractivity contribution in [3.63, 3.8) is 0 Å². The minimum absolute atomic E-state index is 0.0821. The van der Waals surface area contributed by atoms with Crippen LogP contribution in [0, 0.1) is 5.41 Å². The zero-order chi connectivity index (χ0) is 16.3. The summed E-state index contributed by atoms with van der Waals surface area (Å²) in [6.07, 6.45) is 5.46. The van der Waals surface area contributed by atoms with Crippen molar-refractivity contribution in [1.82, 2.24) is 19.8 Å². The fourth-order valence-corrected chi connectivity index (χ4v) is 3.38. The number of carbonyl (C=O) groups is 1. The Morgan fingerprint density at radius 1 is 1.22 bits per heavy atom. The molecule has 23 heavy (non-hydrogen) atoms. The van der Waals surface area contributed by atoms with E-state index in [1.807, 2.05) is 11.0 Å². The van der Waals surface area contributed by atoms with Gasteiger partial charge in [0.25, 0.3) is 0 Å². The van der Waals surface area contributed by atoms with Crippen LogP contribution in [-0.2, 0) is 4.74 Å². The van der Waals surface area contributed by atoms with Gasteiger partial charge >= 0.3 is 6.03 Å². The van der Waals surface area contributed by atoms with Crippen LogP contribution in [0.3, 0.4) is 0 Å². The Bertz CT molecular complexity index is 529. The van der Waals surface area contributed by atoms with Gasteiger partial charge in [0.05, 0.1) is 13.2 Å². The zero-order valence-electron chi connectivity index (χ0n) is 13.9. The van der Waals surface area contributed by atoms with Crippen LogP contribution in [0.15, 0.2) is 18.5 Å². The number of likely N-dealkylation sites (tertiary alicyclic amines) is 1. The van der Waals surface area contributed by atoms with Gasteiger partial charge in [-0.3, -0.25) is 0 Å². The second-order valence-corrected chi connectivity index (χ2v) is 6.69. The second-order valence-electron chi connectivity index (χ2n) is 6.69. The van der Waals surface area contributed by atoms with Crippen molar-refractivity contribution in [2.45, 2.75) is 12.8 Å². The Balaban J connectivity index is 1.68. The SMILES string of the molecule is CN(C)C(=O)N1CCC2(CC1)COCCN(c1ncccn1)C2. The van der Waals surface area contributed by atoms with Gasteiger partial charge in [0.2, 0.25) is 5.95 Å². The maximum atomic E-state index is 12.1. The number of urea groups is 1. The van der Waals surface area contributed by atoms with E-state index in [-0.39, 0.29) is 11.4 Å². The molecule has 3 heterocycles. The van der Waals surface area contributed by atoms with Crippen LogP contribution in [0.2, 0.25) is 0 Å². The Morgan fingerprint density at radius 2 is 1.91 bits per heavy atom. The molecule has 2 amide bonds. The summed E-state index contributed by atoms with van der Waals surface area (Å²) >= 11 is 0. The molecule has 2 saturated heterocycles. The molecule has 0 unspecified atom stereocenters. The summed E-state index contributed by atoms with van der Waals surface area (Å²) in [6.45, 7) is 4.71. The van der Waals surface area contributed by atoms with Gasteiger partial charge < -0.3 is 19.4 Å². The molecule has 2 aliphatic heterocycles. The largest absolute Gasteiger partial charge is 0.379 e. The minimum atomic E-state index is 0.0821. The zero-order valence-corrected chi connectivity index (χ0v) is 13.9. The van der Waals surface area contributed by atoms with E-state index in [1.165, 1.54) is 0 Å². The van der Waals surface area contributed by atoms with Gasteiger partial charge in [0.1, 0.15) is 0 Å². The number of hydrogen-bond donors (Lipinski definition) is 0. The van der Waals surface area contributed by atoms with Gasteiger partial charge in [-0.05, 0) is 18.9 Å². The highest BCUT2D eigenvalue weighted by Crippen LogP contribution is 2.35. The maximum absolute atomic E-state index is 12.1. The summed E-state index contributed by atoms with van der Waals surface area (Å²) in [5.74, 6) is 0.768. The van der Waals surface area contributed by atoms with Crippen LogP contribution in [-0.4, -0.2) is 79.3 Å². The third-order valence-corrected chi connectivity index (χ3v) is 4.75. The van der Waals surface area contributed by atoms with Crippen molar-refractivity contribution in [2.75, 3.05) is 58.4 Å². The average Bonchev–Trinajstić information content (AvgIpc) is 2.79. The summed E-state index contributed by atoms with van der Waals surface area (Å²) in [6, 6.07) is 1.93. The lowest BCUT2D eigenvalue weighted by molar-refractivity contribution is 0.0273. The van der Waals surface area contributed by atoms with Crippen molar-refractivity contribution in [3.8, 4) is 0 Å². The lowest BCUT2D eigenvalue weighted by Crippen LogP contribution is -2.51. The molecule has 0 saturated carbocycles. The van der Waals surface area contributed by atoms with Crippen LogP contribution in [0.25, 0.3) is 0 Å². The number of hydrogen-bond acceptors (Lipinski definition) is 5. The number of carbonyl (C=O) groups excluding carboxylic acids is 1. The first-order valence-corrected chi connectivity index (χ1v) is 8.16. The molecule has 0 aromatic carbocycles. The molecular weight excluding hydrogens is 294 g/mol. The normalized spacial score (nSPS) is 21.1. The van der Waals surface area contributed by atoms with Gasteiger partial charge in [-0.2, -0.15) is 0 Å². The Labute approximate surface area is 137 Å². The highest BCUT2D eigenvalue weighted by molar-refractivity contribution is 5.73. The molecule has 7 nitrogen and oxygen atoms in total. The molecule has 0 N–H and O–H groups in total. The van der Waals surface area contributed by atoms with E-state index in [4.69, 9.17) is 4.74 Å². The van der Waals surface area contributed by atoms with E-state index in [1.54, 1.807) is 31.4 Å². The molecule has 2 aliphatic rings. The molecule has 1 aromatic heterocycles. The van der Waals surface area contributed by atoms with Gasteiger partial charge in [-0.25, -0.2) is 14.8 Å². The smallest absolute Gasteiger partial charge is 0.319 e. The first-order chi connectivity index (χ1) is 11.1. The molecule has 2 fully saturated rings. The predicted molar refractivity (Wildman–Crippen MR) is 87.4 cm³/mol. The Kier molecular flexibility index (Phi) is 4.66. The highest BCUT2D eigenvalue weighted by Gasteiger charge is 2.39. The lowest BCUT2D eigenvalue weighted by atomic mass is 9.78. The molecule has 0 atom stereocenters. The molecule has 0 radical (unpaired) electrons. The average molecular weight is 319 g/mol. The molecular formula is C16H25N5O2. The van der Waals surface area contributed by atoms with E-state index < -0.39 is 0 Å². The number of piperidine rings is 1. The first-order valence-electron chi connectivity index (χ1n) is 8.16. The van der Waals surface area contributed by atoms with Gasteiger partial charge in [-0.15, -0.1) is 0 Å². The van der Waals surface area contributed by atoms with E-state index >= 15 is 0 Å². The molecule has 7 heteroatoms. The number of ether oxygens (including phenoxy) is 1. The maximum Gasteiger partial charge on any atom is 0.319 e. The van der Waals surface area contributed by atoms with Crippen molar-refractivity contribution >= 4 is 12.0 Å². The number of amides is 2. The van der Waals surface area contributed by atoms with Crippen molar-refractivity contribution < 1.29 is 9.53 Å². The van der Waals surface area contributed by atoms with E-state index in [0.29, 0.717) is 6.61 Å². The number of nitrogens with zero attached hydrogens (tertiary/aromatic N) is 5. The lowest BCUT2D eigenvalue weighted by Gasteiger charge is -2.43. The molecule has 1 spiro atoms. The van der Waals surface area contributed by atoms with Gasteiger partial charge in [0, 0.05) is 58.1 Å². The molecule has 0 bridgehead atoms. The third-order valence-electron chi connectivity index (χ3n) is 4.75. The number of aromatic nitrogens is 2. The van der Waals surface area contributed by atoms with Crippen molar-refractivity contribution in [1.29, 1.82) is 0 Å². The highest BCUT2D eigenvalue weighted by atomic mass is 16.5. The number of rotatable bonds is 1. The van der Waals surface area contributed by atoms with Crippen LogP contribution in [0.4, 0.5) is 10.7 Å². The summed E-state index contributed by atoms with van der Waals surface area (Å²) in [5.41, 5.74) is 0.0821. The molecule has 3 rings (SSSR count). The monoisotopic (exact) mass is 319 g/mol. The molecule has 1 aromatic rings. The predicted octanol–water partition coefficient (Wildman–Crippen LogP) is 1.08. The fraction of sp³-hybridized carbons (Fsp3) is 0.688. The van der Waals surface area contributed by atoms with E-state index in [9.17, 15) is 4.79 Å². The second kappa shape index (κ2) is 6.70. The minimum Gasteiger partial charge on any atom is -0.379 e. The van der Waals surface area contributed by atoms with Crippen LogP contribution in [0.1, 0.15) is 12.8 Å². The number of anilines is 1. The van der Waals surface area contributed by atoms with Crippen LogP contribution >= 0.6 is 0 Å². The van der Waals surface area contributed by atoms with E-state index in [0.717, 1.165) is 51.6 Å². The van der Waals surface area contributed by atoms with Crippen molar-refractivity contribution in [2.24, 2.45) is 5.41 Å². The molecule has 0 aliphatic carbocycles. The fourth-order valence-electron chi connectivity index (χ4n) is 3.38. The summed E-state index contributed by atoms with van der Waals surface area (Å²) in [7, 11) is 3.60. The third kappa shape index (κ3) is 3.55. The first kappa shape index (κ1) is 16.0. The topological polar surface area (TPSA) is 61.8 Å². The summed E-state index contributed by atoms with van der Waals surface area (Å²) in [4.78, 5) is 26.7. The molecule has 126 valence electrons.